The maximum Gasteiger partial charge on any atom is 0.428 e. The molecule has 1 aromatic carbocycles. The zero-order chi connectivity index (χ0) is 22.2. The van der Waals surface area contributed by atoms with Gasteiger partial charge in [-0.05, 0) is 5.56 Å². The molecule has 1 aliphatic rings. The van der Waals surface area contributed by atoms with Gasteiger partial charge in [0.15, 0.2) is 14.5 Å². The number of ether oxygens (including phenoxy) is 1. The highest BCUT2D eigenvalue weighted by Crippen LogP contribution is 2.67. The molecule has 2 rings (SSSR count). The molecule has 1 saturated heterocycles. The average Bonchev–Trinajstić information content (AvgIpc) is 2.70. The Morgan fingerprint density at radius 3 is 1.79 bits per heavy atom. The van der Waals surface area contributed by atoms with Crippen LogP contribution in [-0.4, -0.2) is 41.3 Å². The van der Waals surface area contributed by atoms with Crippen molar-refractivity contribution in [2.45, 2.75) is 49.7 Å². The van der Waals surface area contributed by atoms with Crippen molar-refractivity contribution < 1.29 is 53.7 Å². The van der Waals surface area contributed by atoms with Crippen LogP contribution in [-0.2, 0) is 9.26 Å². The summed E-state index contributed by atoms with van der Waals surface area (Å²) >= 11 is 0. The highest BCUT2D eigenvalue weighted by Gasteiger charge is 2.95. The maximum atomic E-state index is 14.5. The van der Waals surface area contributed by atoms with Crippen molar-refractivity contribution in [2.75, 3.05) is 6.66 Å². The largest absolute Gasteiger partial charge is 0.428 e. The summed E-state index contributed by atoms with van der Waals surface area (Å²) in [7, 11) is -2.77. The third-order valence-electron chi connectivity index (χ3n) is 3.55. The van der Waals surface area contributed by atoms with Crippen LogP contribution in [0.25, 0.3) is 0 Å². The van der Waals surface area contributed by atoms with Crippen molar-refractivity contribution in [1.29, 1.82) is 0 Å². The van der Waals surface area contributed by atoms with Crippen molar-refractivity contribution in [1.82, 2.24) is 0 Å². The van der Waals surface area contributed by atoms with E-state index in [1.165, 1.54) is 6.07 Å². The molecule has 3 nitrogen and oxygen atoms in total. The van der Waals surface area contributed by atoms with Gasteiger partial charge in [-0.3, -0.25) is 4.74 Å². The molecule has 28 heavy (non-hydrogen) atoms. The summed E-state index contributed by atoms with van der Waals surface area (Å²) in [5.41, 5.74) is -0.740. The Morgan fingerprint density at radius 2 is 1.43 bits per heavy atom. The van der Waals surface area contributed by atoms with Crippen molar-refractivity contribution in [3.8, 4) is 0 Å². The fourth-order valence-electron chi connectivity index (χ4n) is 2.25. The lowest BCUT2D eigenvalue weighted by Gasteiger charge is -2.37. The number of halogens is 9. The monoisotopic (exact) mass is 446 g/mol. The second-order valence-corrected chi connectivity index (χ2v) is 6.49. The number of hydrogen-bond donors (Lipinski definition) is 1. The maximum absolute atomic E-state index is 14.5. The number of alkyl halides is 9. The lowest BCUT2D eigenvalue weighted by Crippen LogP contribution is -2.62. The molecule has 0 radical (unpaired) electrons. The molecule has 0 amide bonds. The first kappa shape index (κ1) is 24.9. The molecule has 3 unspecified atom stereocenters. The van der Waals surface area contributed by atoms with E-state index in [1.54, 1.807) is 0 Å². The lowest BCUT2D eigenvalue weighted by atomic mass is 9.92. The van der Waals surface area contributed by atoms with E-state index in [2.05, 4.69) is 9.26 Å². The molecule has 162 valence electrons. The van der Waals surface area contributed by atoms with Crippen LogP contribution in [0.1, 0.15) is 25.5 Å². The molecule has 1 N–H and O–H groups in total. The summed E-state index contributed by atoms with van der Waals surface area (Å²) in [6.45, 7) is 4.79. The second kappa shape index (κ2) is 7.97. The molecule has 1 aliphatic heterocycles. The first-order chi connectivity index (χ1) is 12.6. The van der Waals surface area contributed by atoms with Gasteiger partial charge in [-0.25, -0.2) is 0 Å². The fraction of sp³-hybridized carbons (Fsp3) is 0.600. The van der Waals surface area contributed by atoms with E-state index in [0.29, 0.717) is 0 Å². The molecule has 1 aromatic rings. The molecule has 3 atom stereocenters. The third-order valence-corrected chi connectivity index (χ3v) is 4.07. The van der Waals surface area contributed by atoms with Gasteiger partial charge in [0, 0.05) is 6.66 Å². The summed E-state index contributed by atoms with van der Waals surface area (Å²) in [5.74, 6) is -25.1. The average molecular weight is 446 g/mol. The summed E-state index contributed by atoms with van der Waals surface area (Å²) in [6, 6.07) is 5.06. The van der Waals surface area contributed by atoms with Gasteiger partial charge in [-0.15, -0.1) is 0 Å². The highest BCUT2D eigenvalue weighted by atomic mass is 31.2. The van der Waals surface area contributed by atoms with E-state index in [9.17, 15) is 44.4 Å². The van der Waals surface area contributed by atoms with Crippen LogP contribution in [0.15, 0.2) is 30.3 Å². The summed E-state index contributed by atoms with van der Waals surface area (Å²) in [5, 5.41) is 0. The number of benzene rings is 1. The quantitative estimate of drug-likeness (QED) is 0.452. The molecular formula is C15H16F9O3P. The Kier molecular flexibility index (Phi) is 7.09. The first-order valence-electron chi connectivity index (χ1n) is 7.66. The summed E-state index contributed by atoms with van der Waals surface area (Å²) in [4.78, 5) is 9.17. The predicted octanol–water partition coefficient (Wildman–Crippen LogP) is 5.90. The second-order valence-electron chi connectivity index (χ2n) is 5.35. The Bertz CT molecular complexity index is 657. The van der Waals surface area contributed by atoms with Crippen LogP contribution in [0.2, 0.25) is 0 Å². The zero-order valence-electron chi connectivity index (χ0n) is 14.6. The molecule has 1 fully saturated rings. The molecule has 0 spiro atoms. The molecule has 0 aliphatic carbocycles. The fourth-order valence-corrected chi connectivity index (χ4v) is 2.81. The summed E-state index contributed by atoms with van der Waals surface area (Å²) < 4.78 is 130. The van der Waals surface area contributed by atoms with Crippen LogP contribution in [0.5, 0.6) is 0 Å². The standard InChI is InChI=1S/C13H10F9O3P.C2H6/c1-26(23)24-8(7-5-3-2-4-6-7)9(14,15)12(20)10(16,17)11(18,19)13(21,22)25-12;1-2/h2-6,8,23H,1H3;1-2H3. The topological polar surface area (TPSA) is 38.7 Å². The van der Waals surface area contributed by atoms with Crippen LogP contribution in [0.4, 0.5) is 39.5 Å². The van der Waals surface area contributed by atoms with Gasteiger partial charge in [0.2, 0.25) is 0 Å². The molecular weight excluding hydrogens is 430 g/mol. The van der Waals surface area contributed by atoms with E-state index in [4.69, 9.17) is 0 Å². The Balaban J connectivity index is 0.00000190. The van der Waals surface area contributed by atoms with Crippen LogP contribution in [0, 0.1) is 0 Å². The van der Waals surface area contributed by atoms with Gasteiger partial charge in [0.05, 0.1) is 0 Å². The van der Waals surface area contributed by atoms with Gasteiger partial charge in [-0.2, -0.15) is 39.5 Å². The SMILES string of the molecule is CC.CP(O)OC(c1ccccc1)C(F)(F)C1(F)OC(F)(F)C(F)(F)C1(F)F. The minimum absolute atomic E-state index is 0.740. The third kappa shape index (κ3) is 3.59. The molecule has 13 heteroatoms. The van der Waals surface area contributed by atoms with Gasteiger partial charge >= 0.3 is 29.7 Å². The van der Waals surface area contributed by atoms with Crippen molar-refractivity contribution in [2.24, 2.45) is 0 Å². The zero-order valence-corrected chi connectivity index (χ0v) is 15.5. The van der Waals surface area contributed by atoms with E-state index < -0.39 is 49.8 Å². The van der Waals surface area contributed by atoms with Crippen LogP contribution in [0.3, 0.4) is 0 Å². The molecule has 0 aromatic heterocycles. The van der Waals surface area contributed by atoms with Crippen LogP contribution >= 0.6 is 8.38 Å². The van der Waals surface area contributed by atoms with Gasteiger partial charge in [0.1, 0.15) is 0 Å². The molecule has 1 heterocycles. The number of hydrogen-bond acceptors (Lipinski definition) is 3. The predicted molar refractivity (Wildman–Crippen MR) is 81.4 cm³/mol. The van der Waals surface area contributed by atoms with Gasteiger partial charge < -0.3 is 9.42 Å². The lowest BCUT2D eigenvalue weighted by molar-refractivity contribution is -0.388. The van der Waals surface area contributed by atoms with E-state index in [0.717, 1.165) is 30.9 Å². The summed E-state index contributed by atoms with van der Waals surface area (Å²) in [6.07, 6.45) is -9.34. The molecule has 0 bridgehead atoms. The van der Waals surface area contributed by atoms with Crippen LogP contribution < -0.4 is 0 Å². The molecule has 0 saturated carbocycles. The normalized spacial score (nSPS) is 27.5. The minimum Gasteiger partial charge on any atom is -0.350 e. The minimum atomic E-state index is -6.62. The van der Waals surface area contributed by atoms with Gasteiger partial charge in [0.25, 0.3) is 0 Å². The van der Waals surface area contributed by atoms with Crippen molar-refractivity contribution >= 4 is 8.38 Å². The highest BCUT2D eigenvalue weighted by molar-refractivity contribution is 7.45. The Morgan fingerprint density at radius 1 is 0.964 bits per heavy atom. The van der Waals surface area contributed by atoms with E-state index >= 15 is 0 Å². The Labute approximate surface area is 155 Å². The van der Waals surface area contributed by atoms with Crippen molar-refractivity contribution in [3.63, 3.8) is 0 Å². The van der Waals surface area contributed by atoms with E-state index in [-0.39, 0.29) is 0 Å². The van der Waals surface area contributed by atoms with Crippen molar-refractivity contribution in [3.05, 3.63) is 35.9 Å². The van der Waals surface area contributed by atoms with E-state index in [1.807, 2.05) is 13.8 Å². The van der Waals surface area contributed by atoms with Gasteiger partial charge in [-0.1, -0.05) is 44.2 Å². The number of rotatable bonds is 5. The smallest absolute Gasteiger partial charge is 0.350 e. The Hall–Kier alpha value is -1.10. The first-order valence-corrected chi connectivity index (χ1v) is 9.32.